The van der Waals surface area contributed by atoms with Crippen molar-refractivity contribution in [2.24, 2.45) is 0 Å². The topological polar surface area (TPSA) is 65.7 Å². The van der Waals surface area contributed by atoms with Crippen LogP contribution in [-0.2, 0) is 4.74 Å². The molecule has 3 aromatic heterocycles. The Kier molecular flexibility index (Phi) is 5.13. The minimum absolute atomic E-state index is 0.0279. The van der Waals surface area contributed by atoms with Crippen LogP contribution >= 0.6 is 0 Å². The summed E-state index contributed by atoms with van der Waals surface area (Å²) in [5, 5.41) is 4.53. The lowest BCUT2D eigenvalue weighted by Gasteiger charge is -2.33. The summed E-state index contributed by atoms with van der Waals surface area (Å²) >= 11 is 0. The lowest BCUT2D eigenvalue weighted by molar-refractivity contribution is -0.0506. The van der Waals surface area contributed by atoms with Gasteiger partial charge < -0.3 is 4.74 Å². The van der Waals surface area contributed by atoms with Crippen molar-refractivity contribution in [3.63, 3.8) is 0 Å². The predicted octanol–water partition coefficient (Wildman–Crippen LogP) is 5.83. The van der Waals surface area contributed by atoms with E-state index in [0.717, 1.165) is 35.9 Å². The molecule has 1 aromatic carbocycles. The van der Waals surface area contributed by atoms with Crippen molar-refractivity contribution >= 4 is 11.0 Å². The molecule has 6 nitrogen and oxygen atoms in total. The lowest BCUT2D eigenvalue weighted by Crippen LogP contribution is -2.25. The highest BCUT2D eigenvalue weighted by atomic mass is 19.1. The summed E-state index contributed by atoms with van der Waals surface area (Å²) in [5.74, 6) is -1.21. The largest absolute Gasteiger partial charge is 0.370 e. The molecular formula is C26H25F2N5O. The number of rotatable bonds is 4. The predicted molar refractivity (Wildman–Crippen MR) is 123 cm³/mol. The van der Waals surface area contributed by atoms with Crippen molar-refractivity contribution in [1.29, 1.82) is 0 Å². The van der Waals surface area contributed by atoms with E-state index in [9.17, 15) is 8.78 Å². The number of hydrogen-bond donors (Lipinski definition) is 0. The van der Waals surface area contributed by atoms with Crippen LogP contribution in [0.5, 0.6) is 0 Å². The molecule has 174 valence electrons. The molecule has 1 saturated heterocycles. The van der Waals surface area contributed by atoms with Crippen LogP contribution in [-0.4, -0.2) is 30.8 Å². The first-order valence-corrected chi connectivity index (χ1v) is 11.7. The lowest BCUT2D eigenvalue weighted by atomic mass is 9.87. The van der Waals surface area contributed by atoms with Crippen LogP contribution in [0, 0.1) is 18.6 Å². The fourth-order valence-electron chi connectivity index (χ4n) is 4.87. The van der Waals surface area contributed by atoms with Gasteiger partial charge in [0.2, 0.25) is 0 Å². The zero-order chi connectivity index (χ0) is 23.4. The minimum atomic E-state index is -0.668. The second-order valence-electron chi connectivity index (χ2n) is 9.49. The first-order valence-electron chi connectivity index (χ1n) is 11.7. The Bertz CT molecular complexity index is 1380. The number of fused-ring (bicyclic) bond motifs is 1. The van der Waals surface area contributed by atoms with Gasteiger partial charge in [-0.15, -0.1) is 0 Å². The van der Waals surface area contributed by atoms with Crippen LogP contribution in [0.1, 0.15) is 67.6 Å². The molecule has 34 heavy (non-hydrogen) atoms. The number of pyridine rings is 1. The van der Waals surface area contributed by atoms with E-state index < -0.39 is 11.6 Å². The maximum atomic E-state index is 14.8. The molecule has 3 atom stereocenters. The molecule has 0 N–H and O–H groups in total. The minimum Gasteiger partial charge on any atom is -0.370 e. The third-order valence-corrected chi connectivity index (χ3v) is 6.70. The fraction of sp³-hybridized carbons (Fsp3) is 0.385. The van der Waals surface area contributed by atoms with Gasteiger partial charge in [0, 0.05) is 41.2 Å². The van der Waals surface area contributed by atoms with Crippen molar-refractivity contribution in [3.05, 3.63) is 71.4 Å². The number of ether oxygens (including phenoxy) is 1. The number of benzene rings is 1. The number of aromatic nitrogens is 5. The maximum absolute atomic E-state index is 14.8. The smallest absolute Gasteiger partial charge is 0.135 e. The second-order valence-corrected chi connectivity index (χ2v) is 9.49. The van der Waals surface area contributed by atoms with Crippen molar-refractivity contribution in [2.75, 3.05) is 0 Å². The number of aryl methyl sites for hydroxylation is 1. The Morgan fingerprint density at radius 1 is 1.06 bits per heavy atom. The van der Waals surface area contributed by atoms with E-state index >= 15 is 0 Å². The van der Waals surface area contributed by atoms with E-state index in [1.54, 1.807) is 6.20 Å². The molecule has 0 amide bonds. The molecule has 4 aromatic rings. The molecular weight excluding hydrogens is 436 g/mol. The van der Waals surface area contributed by atoms with Gasteiger partial charge >= 0.3 is 0 Å². The molecule has 2 aliphatic rings. The number of hydrogen-bond acceptors (Lipinski definition) is 5. The molecule has 0 spiro atoms. The highest BCUT2D eigenvalue weighted by Crippen LogP contribution is 2.42. The van der Waals surface area contributed by atoms with Gasteiger partial charge in [-0.05, 0) is 57.7 Å². The van der Waals surface area contributed by atoms with Gasteiger partial charge in [-0.25, -0.2) is 18.7 Å². The summed E-state index contributed by atoms with van der Waals surface area (Å²) in [4.78, 5) is 14.0. The van der Waals surface area contributed by atoms with Crippen molar-refractivity contribution in [3.8, 4) is 11.3 Å². The van der Waals surface area contributed by atoms with Gasteiger partial charge in [-0.3, -0.25) is 9.67 Å². The molecule has 8 heteroatoms. The van der Waals surface area contributed by atoms with Crippen molar-refractivity contribution < 1.29 is 13.5 Å². The average molecular weight is 462 g/mol. The number of nitrogens with zero attached hydrogens (tertiary/aromatic N) is 5. The zero-order valence-corrected chi connectivity index (χ0v) is 19.1. The number of halogens is 2. The van der Waals surface area contributed by atoms with Crippen molar-refractivity contribution in [2.45, 2.75) is 63.7 Å². The molecule has 0 unspecified atom stereocenters. The quantitative estimate of drug-likeness (QED) is 0.382. The first kappa shape index (κ1) is 21.3. The third-order valence-electron chi connectivity index (χ3n) is 6.70. The summed E-state index contributed by atoms with van der Waals surface area (Å²) < 4.78 is 36.7. The molecule has 6 rings (SSSR count). The standard InChI is InChI=1S/C26H25F2N5O/c1-14-11-29-26-23(31-14)10-22(32-25(26)20-6-3-18(27)9-21(20)28)16-7-15(2)34-24(8-16)17-12-30-33(13-17)19-4-5-19/h3,6,9-13,15-16,19,24H,4-5,7-8H2,1-2H3/t15-,16+,24-/m0/s1. The zero-order valence-electron chi connectivity index (χ0n) is 19.1. The molecule has 4 heterocycles. The normalized spacial score (nSPS) is 22.9. The van der Waals surface area contributed by atoms with E-state index in [1.165, 1.54) is 25.0 Å². The van der Waals surface area contributed by atoms with Crippen LogP contribution < -0.4 is 0 Å². The Labute approximate surface area is 196 Å². The van der Waals surface area contributed by atoms with E-state index in [-0.39, 0.29) is 23.7 Å². The molecule has 0 bridgehead atoms. The summed E-state index contributed by atoms with van der Waals surface area (Å²) in [6, 6.07) is 6.00. The van der Waals surface area contributed by atoms with Gasteiger partial charge in [0.05, 0.1) is 35.7 Å². The Balaban J connectivity index is 1.41. The first-order chi connectivity index (χ1) is 16.4. The van der Waals surface area contributed by atoms with Crippen molar-refractivity contribution in [1.82, 2.24) is 24.7 Å². The summed E-state index contributed by atoms with van der Waals surface area (Å²) in [7, 11) is 0. The highest BCUT2D eigenvalue weighted by Gasteiger charge is 2.33. The van der Waals surface area contributed by atoms with E-state index in [2.05, 4.69) is 28.2 Å². The van der Waals surface area contributed by atoms with Crippen LogP contribution in [0.15, 0.2) is 42.9 Å². The Morgan fingerprint density at radius 2 is 1.91 bits per heavy atom. The van der Waals surface area contributed by atoms with Crippen LogP contribution in [0.2, 0.25) is 0 Å². The second kappa shape index (κ2) is 8.20. The van der Waals surface area contributed by atoms with Gasteiger partial charge in [-0.2, -0.15) is 5.10 Å². The molecule has 1 saturated carbocycles. The molecule has 0 radical (unpaired) electrons. The van der Waals surface area contributed by atoms with Gasteiger partial charge in [0.15, 0.2) is 0 Å². The van der Waals surface area contributed by atoms with Gasteiger partial charge in [0.25, 0.3) is 0 Å². The van der Waals surface area contributed by atoms with E-state index in [0.29, 0.717) is 22.8 Å². The summed E-state index contributed by atoms with van der Waals surface area (Å²) in [6.45, 7) is 3.94. The summed E-state index contributed by atoms with van der Waals surface area (Å²) in [6.07, 6.45) is 9.46. The monoisotopic (exact) mass is 461 g/mol. The highest BCUT2D eigenvalue weighted by molar-refractivity contribution is 5.89. The van der Waals surface area contributed by atoms with Gasteiger partial charge in [-0.1, -0.05) is 0 Å². The maximum Gasteiger partial charge on any atom is 0.135 e. The molecule has 1 aliphatic heterocycles. The molecule has 2 fully saturated rings. The van der Waals surface area contributed by atoms with Gasteiger partial charge in [0.1, 0.15) is 22.8 Å². The third kappa shape index (κ3) is 3.96. The molecule has 1 aliphatic carbocycles. The Hall–Kier alpha value is -3.26. The summed E-state index contributed by atoms with van der Waals surface area (Å²) in [5.41, 5.74) is 4.41. The van der Waals surface area contributed by atoms with E-state index in [4.69, 9.17) is 9.72 Å². The Morgan fingerprint density at radius 3 is 2.71 bits per heavy atom. The van der Waals surface area contributed by atoms with E-state index in [1.807, 2.05) is 23.9 Å². The van der Waals surface area contributed by atoms with Crippen LogP contribution in [0.4, 0.5) is 8.78 Å². The average Bonchev–Trinajstić information content (AvgIpc) is 3.54. The SMILES string of the molecule is Cc1cnc2c(-c3ccc(F)cc3F)nc([C@H]3C[C@@H](c4cnn(C5CC5)c4)O[C@@H](C)C3)cc2n1. The fourth-order valence-corrected chi connectivity index (χ4v) is 4.87. The van der Waals surface area contributed by atoms with Crippen LogP contribution in [0.25, 0.3) is 22.3 Å². The van der Waals surface area contributed by atoms with Crippen LogP contribution in [0.3, 0.4) is 0 Å².